The third kappa shape index (κ3) is 2.95. The number of likely N-dealkylation sites (N-methyl/N-ethyl adjacent to an activating group) is 1. The van der Waals surface area contributed by atoms with E-state index in [-0.39, 0.29) is 11.5 Å². The van der Waals surface area contributed by atoms with Crippen molar-refractivity contribution < 1.29 is 28.9 Å². The molecule has 2 aromatic rings. The van der Waals surface area contributed by atoms with Gasteiger partial charge < -0.3 is 24.2 Å². The monoisotopic (exact) mass is 371 g/mol. The van der Waals surface area contributed by atoms with E-state index in [4.69, 9.17) is 14.2 Å². The molecule has 142 valence electrons. The molecule has 0 spiro atoms. The lowest BCUT2D eigenvalue weighted by atomic mass is 9.79. The van der Waals surface area contributed by atoms with Crippen molar-refractivity contribution in [3.63, 3.8) is 0 Å². The highest BCUT2D eigenvalue weighted by molar-refractivity contribution is 6.01. The van der Waals surface area contributed by atoms with Gasteiger partial charge in [-0.15, -0.1) is 0 Å². The number of fused-ring (bicyclic) bond motifs is 1. The van der Waals surface area contributed by atoms with E-state index in [1.54, 1.807) is 37.4 Å². The van der Waals surface area contributed by atoms with Gasteiger partial charge in [0.05, 0.1) is 27.4 Å². The third-order valence-electron chi connectivity index (χ3n) is 4.90. The summed E-state index contributed by atoms with van der Waals surface area (Å²) in [6.45, 7) is 0. The molecule has 7 nitrogen and oxygen atoms in total. The summed E-state index contributed by atoms with van der Waals surface area (Å²) in [7, 11) is 6.04. The zero-order valence-electron chi connectivity index (χ0n) is 15.6. The fourth-order valence-electron chi connectivity index (χ4n) is 3.61. The van der Waals surface area contributed by atoms with Gasteiger partial charge in [-0.05, 0) is 23.8 Å². The Balaban J connectivity index is 2.27. The number of carboxylic acid groups (broad SMARTS) is 1. The van der Waals surface area contributed by atoms with Crippen LogP contribution >= 0.6 is 0 Å². The number of carboxylic acids is 1. The summed E-state index contributed by atoms with van der Waals surface area (Å²) in [5, 5.41) is 10.0. The van der Waals surface area contributed by atoms with Crippen LogP contribution in [0.3, 0.4) is 0 Å². The molecule has 1 heterocycles. The molecule has 0 aromatic heterocycles. The Labute approximate surface area is 157 Å². The van der Waals surface area contributed by atoms with Gasteiger partial charge in [0, 0.05) is 18.2 Å². The highest BCUT2D eigenvalue weighted by atomic mass is 16.5. The van der Waals surface area contributed by atoms with Crippen LogP contribution in [0.4, 0.5) is 0 Å². The minimum absolute atomic E-state index is 0.286. The summed E-state index contributed by atoms with van der Waals surface area (Å²) in [6, 6.07) is 9.48. The molecule has 0 fully saturated rings. The van der Waals surface area contributed by atoms with Crippen molar-refractivity contribution in [1.82, 2.24) is 4.90 Å². The van der Waals surface area contributed by atoms with Crippen molar-refractivity contribution in [1.29, 1.82) is 0 Å². The molecule has 1 N–H and O–H groups in total. The fraction of sp³-hybridized carbons (Fsp3) is 0.300. The lowest BCUT2D eigenvalue weighted by molar-refractivity contribution is -0.140. The molecule has 2 atom stereocenters. The second kappa shape index (κ2) is 7.19. The van der Waals surface area contributed by atoms with Gasteiger partial charge in [-0.3, -0.25) is 9.59 Å². The maximum absolute atomic E-state index is 13.0. The quantitative estimate of drug-likeness (QED) is 0.870. The minimum Gasteiger partial charge on any atom is -0.496 e. The molecule has 1 amide bonds. The van der Waals surface area contributed by atoms with Crippen molar-refractivity contribution in [3.05, 3.63) is 53.1 Å². The zero-order chi connectivity index (χ0) is 19.7. The van der Waals surface area contributed by atoms with Crippen LogP contribution in [0.5, 0.6) is 17.2 Å². The molecule has 3 rings (SSSR count). The van der Waals surface area contributed by atoms with Gasteiger partial charge in [0.2, 0.25) is 0 Å². The number of methoxy groups -OCH3 is 3. The van der Waals surface area contributed by atoms with Crippen LogP contribution in [0.1, 0.15) is 33.4 Å². The summed E-state index contributed by atoms with van der Waals surface area (Å²) in [4.78, 5) is 26.7. The Hall–Kier alpha value is -3.22. The van der Waals surface area contributed by atoms with Crippen LogP contribution in [-0.2, 0) is 4.79 Å². The van der Waals surface area contributed by atoms with E-state index in [0.29, 0.717) is 28.4 Å². The van der Waals surface area contributed by atoms with Crippen molar-refractivity contribution in [3.8, 4) is 17.2 Å². The van der Waals surface area contributed by atoms with Crippen LogP contribution in [0.25, 0.3) is 0 Å². The molecule has 0 aliphatic carbocycles. The number of aliphatic carboxylic acids is 1. The lowest BCUT2D eigenvalue weighted by Crippen LogP contribution is -2.42. The predicted molar refractivity (Wildman–Crippen MR) is 97.8 cm³/mol. The standard InChI is InChI=1S/C20H21NO6/c1-21-18(11-7-5-6-8-14(11)25-2)17(20(23)24)12-9-15(26-3)16(27-4)10-13(12)19(21)22/h5-10,17-18H,1-4H3,(H,23,24)/t17-,18-/m1/s1. The smallest absolute Gasteiger partial charge is 0.313 e. The van der Waals surface area contributed by atoms with Gasteiger partial charge in [0.25, 0.3) is 5.91 Å². The Morgan fingerprint density at radius 1 is 0.963 bits per heavy atom. The average Bonchev–Trinajstić information content (AvgIpc) is 2.69. The van der Waals surface area contributed by atoms with Gasteiger partial charge in [0.1, 0.15) is 11.7 Å². The highest BCUT2D eigenvalue weighted by Gasteiger charge is 2.44. The van der Waals surface area contributed by atoms with E-state index in [1.807, 2.05) is 0 Å². The number of benzene rings is 2. The second-order valence-electron chi connectivity index (χ2n) is 6.21. The number of hydrogen-bond acceptors (Lipinski definition) is 5. The summed E-state index contributed by atoms with van der Waals surface area (Å²) in [5.41, 5.74) is 1.30. The number of ether oxygens (including phenoxy) is 3. The molecule has 7 heteroatoms. The maximum Gasteiger partial charge on any atom is 0.313 e. The Bertz CT molecular complexity index is 894. The number of carbonyl (C=O) groups is 2. The van der Waals surface area contributed by atoms with Gasteiger partial charge in [-0.25, -0.2) is 0 Å². The van der Waals surface area contributed by atoms with E-state index in [0.717, 1.165) is 0 Å². The van der Waals surface area contributed by atoms with Crippen molar-refractivity contribution in [2.24, 2.45) is 0 Å². The van der Waals surface area contributed by atoms with Gasteiger partial charge in [-0.2, -0.15) is 0 Å². The van der Waals surface area contributed by atoms with Crippen LogP contribution in [0.15, 0.2) is 36.4 Å². The van der Waals surface area contributed by atoms with Crippen LogP contribution in [0, 0.1) is 0 Å². The number of amides is 1. The van der Waals surface area contributed by atoms with Crippen molar-refractivity contribution >= 4 is 11.9 Å². The second-order valence-corrected chi connectivity index (χ2v) is 6.21. The van der Waals surface area contributed by atoms with E-state index < -0.39 is 17.9 Å². The largest absolute Gasteiger partial charge is 0.496 e. The van der Waals surface area contributed by atoms with Gasteiger partial charge >= 0.3 is 5.97 Å². The Kier molecular flexibility index (Phi) is 4.94. The first-order valence-electron chi connectivity index (χ1n) is 8.33. The molecule has 1 aliphatic rings. The number of rotatable bonds is 5. The van der Waals surface area contributed by atoms with Gasteiger partial charge in [0.15, 0.2) is 11.5 Å². The number of nitrogens with zero attached hydrogens (tertiary/aromatic N) is 1. The Morgan fingerprint density at radius 2 is 1.56 bits per heavy atom. The molecular formula is C20H21NO6. The van der Waals surface area contributed by atoms with E-state index in [2.05, 4.69) is 0 Å². The van der Waals surface area contributed by atoms with Crippen LogP contribution < -0.4 is 14.2 Å². The normalized spacial score (nSPS) is 18.7. The van der Waals surface area contributed by atoms with E-state index >= 15 is 0 Å². The molecule has 2 aromatic carbocycles. The van der Waals surface area contributed by atoms with Gasteiger partial charge in [-0.1, -0.05) is 18.2 Å². The first kappa shape index (κ1) is 18.6. The van der Waals surface area contributed by atoms with Crippen LogP contribution in [0.2, 0.25) is 0 Å². The molecule has 0 saturated heterocycles. The zero-order valence-corrected chi connectivity index (χ0v) is 15.6. The lowest BCUT2D eigenvalue weighted by Gasteiger charge is -2.39. The molecule has 1 aliphatic heterocycles. The first-order valence-corrected chi connectivity index (χ1v) is 8.33. The first-order chi connectivity index (χ1) is 12.9. The molecule has 0 bridgehead atoms. The van der Waals surface area contributed by atoms with Crippen molar-refractivity contribution in [2.75, 3.05) is 28.4 Å². The van der Waals surface area contributed by atoms with Crippen molar-refractivity contribution in [2.45, 2.75) is 12.0 Å². The SMILES string of the molecule is COc1cc2c(cc1OC)[C@@H](C(=O)O)[C@@H](c1ccccc1OC)N(C)C2=O. The predicted octanol–water partition coefficient (Wildman–Crippen LogP) is 2.71. The topological polar surface area (TPSA) is 85.3 Å². The minimum atomic E-state index is -1.04. The molecule has 0 radical (unpaired) electrons. The number of para-hydroxylation sites is 1. The molecule has 0 saturated carbocycles. The Morgan fingerprint density at radius 3 is 2.15 bits per heavy atom. The fourth-order valence-corrected chi connectivity index (χ4v) is 3.61. The molecule has 27 heavy (non-hydrogen) atoms. The van der Waals surface area contributed by atoms with E-state index in [9.17, 15) is 14.7 Å². The third-order valence-corrected chi connectivity index (χ3v) is 4.90. The van der Waals surface area contributed by atoms with E-state index in [1.165, 1.54) is 32.3 Å². The number of hydrogen-bond donors (Lipinski definition) is 1. The molecular weight excluding hydrogens is 350 g/mol. The molecule has 0 unspecified atom stereocenters. The maximum atomic E-state index is 13.0. The number of carbonyl (C=O) groups excluding carboxylic acids is 1. The summed E-state index contributed by atoms with van der Waals surface area (Å²) >= 11 is 0. The average molecular weight is 371 g/mol. The summed E-state index contributed by atoms with van der Waals surface area (Å²) in [5.74, 6) is -1.05. The summed E-state index contributed by atoms with van der Waals surface area (Å²) < 4.78 is 16.0. The van der Waals surface area contributed by atoms with Crippen LogP contribution in [-0.4, -0.2) is 50.3 Å². The summed E-state index contributed by atoms with van der Waals surface area (Å²) in [6.07, 6.45) is 0. The highest BCUT2D eigenvalue weighted by Crippen LogP contribution is 2.47.